The fourth-order valence-corrected chi connectivity index (χ4v) is 3.31. The van der Waals surface area contributed by atoms with Gasteiger partial charge in [-0.1, -0.05) is 36.1 Å². The van der Waals surface area contributed by atoms with Gasteiger partial charge >= 0.3 is 0 Å². The lowest BCUT2D eigenvalue weighted by Gasteiger charge is -2.04. The minimum Gasteiger partial charge on any atom is -0.493 e. The van der Waals surface area contributed by atoms with Gasteiger partial charge in [-0.15, -0.1) is 0 Å². The number of ether oxygens (including phenoxy) is 1. The molecular formula is C19H15NO3S. The van der Waals surface area contributed by atoms with Crippen LogP contribution < -0.4 is 4.74 Å². The predicted octanol–water partition coefficient (Wildman–Crippen LogP) is 2.85. The van der Waals surface area contributed by atoms with Crippen LogP contribution in [0.25, 0.3) is 0 Å². The Labute approximate surface area is 143 Å². The number of hydrogen-bond acceptors (Lipinski definition) is 3. The lowest BCUT2D eigenvalue weighted by molar-refractivity contribution is 0.337. The summed E-state index contributed by atoms with van der Waals surface area (Å²) in [7, 11) is 0. The minimum atomic E-state index is -1.84. The van der Waals surface area contributed by atoms with Crippen molar-refractivity contribution in [3.05, 3.63) is 64.7 Å². The van der Waals surface area contributed by atoms with E-state index in [0.717, 1.165) is 28.0 Å². The van der Waals surface area contributed by atoms with E-state index in [-0.39, 0.29) is 11.7 Å². The number of benzene rings is 2. The summed E-state index contributed by atoms with van der Waals surface area (Å²) >= 11 is -1.84. The summed E-state index contributed by atoms with van der Waals surface area (Å²) in [5, 5.41) is 8.87. The Kier molecular flexibility index (Phi) is 4.96. The quantitative estimate of drug-likeness (QED) is 0.691. The van der Waals surface area contributed by atoms with Gasteiger partial charge < -0.3 is 9.29 Å². The van der Waals surface area contributed by atoms with Crippen molar-refractivity contribution in [2.24, 2.45) is 0 Å². The van der Waals surface area contributed by atoms with Crippen LogP contribution in [0.15, 0.2) is 42.5 Å². The van der Waals surface area contributed by atoms with Crippen LogP contribution >= 0.6 is 0 Å². The summed E-state index contributed by atoms with van der Waals surface area (Å²) in [6.45, 7) is 0.420. The molecule has 0 bridgehead atoms. The highest BCUT2D eigenvalue weighted by Crippen LogP contribution is 2.34. The zero-order valence-corrected chi connectivity index (χ0v) is 13.7. The molecule has 0 radical (unpaired) electrons. The van der Waals surface area contributed by atoms with Crippen molar-refractivity contribution in [3.8, 4) is 23.7 Å². The Morgan fingerprint density at radius 2 is 2.08 bits per heavy atom. The maximum atomic E-state index is 11.0. The molecule has 5 heteroatoms. The molecule has 1 N–H and O–H groups in total. The van der Waals surface area contributed by atoms with Gasteiger partial charge in [0, 0.05) is 22.6 Å². The van der Waals surface area contributed by atoms with Crippen LogP contribution in [0.3, 0.4) is 0 Å². The van der Waals surface area contributed by atoms with Crippen LogP contribution in [-0.4, -0.2) is 21.1 Å². The van der Waals surface area contributed by atoms with Gasteiger partial charge in [0.2, 0.25) is 0 Å². The second-order valence-electron chi connectivity index (χ2n) is 5.49. The molecule has 120 valence electrons. The van der Waals surface area contributed by atoms with Gasteiger partial charge in [-0.05, 0) is 23.8 Å². The zero-order valence-electron chi connectivity index (χ0n) is 12.9. The average molecular weight is 337 g/mol. The lowest BCUT2D eigenvalue weighted by Crippen LogP contribution is -2.10. The molecule has 1 heterocycles. The number of rotatable bonds is 3. The summed E-state index contributed by atoms with van der Waals surface area (Å²) in [6, 6.07) is 15.4. The van der Waals surface area contributed by atoms with Crippen molar-refractivity contribution in [1.82, 2.24) is 0 Å². The first-order chi connectivity index (χ1) is 11.7. The second kappa shape index (κ2) is 7.31. The van der Waals surface area contributed by atoms with Crippen LogP contribution in [0.2, 0.25) is 0 Å². The molecule has 3 rings (SSSR count). The smallest absolute Gasteiger partial charge is 0.153 e. The van der Waals surface area contributed by atoms with Crippen LogP contribution in [0.4, 0.5) is 0 Å². The molecule has 2 atom stereocenters. The first-order valence-corrected chi connectivity index (χ1v) is 8.76. The first-order valence-electron chi connectivity index (χ1n) is 7.48. The summed E-state index contributed by atoms with van der Waals surface area (Å²) < 4.78 is 25.6. The second-order valence-corrected chi connectivity index (χ2v) is 6.47. The van der Waals surface area contributed by atoms with Crippen molar-refractivity contribution in [2.75, 3.05) is 12.4 Å². The predicted molar refractivity (Wildman–Crippen MR) is 92.1 cm³/mol. The zero-order chi connectivity index (χ0) is 16.9. The monoisotopic (exact) mass is 337 g/mol. The first kappa shape index (κ1) is 16.3. The van der Waals surface area contributed by atoms with E-state index >= 15 is 0 Å². The molecule has 0 saturated heterocycles. The Bertz CT molecular complexity index is 889. The van der Waals surface area contributed by atoms with E-state index in [1.54, 1.807) is 0 Å². The Hall–Kier alpha value is -2.60. The molecule has 24 heavy (non-hydrogen) atoms. The van der Waals surface area contributed by atoms with Crippen LogP contribution in [-0.2, 0) is 17.5 Å². The molecule has 0 saturated carbocycles. The highest BCUT2D eigenvalue weighted by Gasteiger charge is 2.25. The highest BCUT2D eigenvalue weighted by molar-refractivity contribution is 7.79. The van der Waals surface area contributed by atoms with E-state index in [0.29, 0.717) is 13.0 Å². The molecule has 1 aliphatic rings. The summed E-state index contributed by atoms with van der Waals surface area (Å²) in [5.74, 6) is 7.05. The molecule has 0 aromatic heterocycles. The van der Waals surface area contributed by atoms with Crippen molar-refractivity contribution < 1.29 is 13.5 Å². The van der Waals surface area contributed by atoms with E-state index in [4.69, 9.17) is 14.6 Å². The van der Waals surface area contributed by atoms with E-state index < -0.39 is 11.1 Å². The Morgan fingerprint density at radius 1 is 1.25 bits per heavy atom. The topological polar surface area (TPSA) is 70.3 Å². The number of hydrogen-bond donors (Lipinski definition) is 1. The van der Waals surface area contributed by atoms with Gasteiger partial charge in [0.25, 0.3) is 0 Å². The van der Waals surface area contributed by atoms with Crippen LogP contribution in [0.1, 0.15) is 28.2 Å². The molecule has 2 aromatic rings. The third kappa shape index (κ3) is 3.65. The Morgan fingerprint density at radius 3 is 2.88 bits per heavy atom. The van der Waals surface area contributed by atoms with Crippen molar-refractivity contribution in [1.29, 1.82) is 5.26 Å². The highest BCUT2D eigenvalue weighted by atomic mass is 32.2. The molecule has 0 aliphatic carbocycles. The number of fused-ring (bicyclic) bond motifs is 1. The molecule has 0 amide bonds. The van der Waals surface area contributed by atoms with Gasteiger partial charge in [-0.3, -0.25) is 0 Å². The Balaban J connectivity index is 1.84. The third-order valence-corrected chi connectivity index (χ3v) is 4.55. The van der Waals surface area contributed by atoms with Gasteiger partial charge in [0.05, 0.1) is 24.8 Å². The minimum absolute atomic E-state index is 0.0517. The van der Waals surface area contributed by atoms with Gasteiger partial charge in [-0.2, -0.15) is 5.26 Å². The van der Waals surface area contributed by atoms with Crippen molar-refractivity contribution >= 4 is 11.1 Å². The van der Waals surface area contributed by atoms with Gasteiger partial charge in [0.1, 0.15) is 5.75 Å². The van der Waals surface area contributed by atoms with E-state index in [1.165, 1.54) is 0 Å². The molecule has 2 aromatic carbocycles. The molecule has 1 aliphatic heterocycles. The van der Waals surface area contributed by atoms with E-state index in [2.05, 4.69) is 17.9 Å². The maximum Gasteiger partial charge on any atom is 0.153 e. The van der Waals surface area contributed by atoms with E-state index in [1.807, 2.05) is 42.5 Å². The lowest BCUT2D eigenvalue weighted by atomic mass is 10.0. The maximum absolute atomic E-state index is 11.0. The average Bonchev–Trinajstić information content (AvgIpc) is 2.96. The van der Waals surface area contributed by atoms with Crippen molar-refractivity contribution in [3.63, 3.8) is 0 Å². The van der Waals surface area contributed by atoms with Gasteiger partial charge in [0.15, 0.2) is 11.1 Å². The summed E-state index contributed by atoms with van der Waals surface area (Å²) in [4.78, 5) is 0. The van der Waals surface area contributed by atoms with Crippen LogP contribution in [0.5, 0.6) is 5.75 Å². The third-order valence-electron chi connectivity index (χ3n) is 3.87. The summed E-state index contributed by atoms with van der Waals surface area (Å²) in [5.41, 5.74) is 3.52. The molecule has 0 fully saturated rings. The fraction of sp³-hybridized carbons (Fsp3) is 0.211. The van der Waals surface area contributed by atoms with Crippen LogP contribution in [0, 0.1) is 23.2 Å². The van der Waals surface area contributed by atoms with E-state index in [9.17, 15) is 4.21 Å². The summed E-state index contributed by atoms with van der Waals surface area (Å²) in [6.07, 6.45) is 0.331. The largest absolute Gasteiger partial charge is 0.493 e. The molecule has 0 spiro atoms. The molecule has 2 unspecified atom stereocenters. The van der Waals surface area contributed by atoms with Crippen molar-refractivity contribution in [2.45, 2.75) is 12.3 Å². The molecular weight excluding hydrogens is 322 g/mol. The number of nitrogens with zero attached hydrogens (tertiary/aromatic N) is 1. The van der Waals surface area contributed by atoms with Gasteiger partial charge in [-0.25, -0.2) is 4.21 Å². The standard InChI is InChI=1S/C19H15NO3S/c20-10-9-16-4-2-1-3-15(16)7-5-14-6-8-18-17(13-24(21)22)12-23-19(18)11-14/h1-4,6,8,11,17H,9,12-13H2,(H,21,22). The molecule has 4 nitrogen and oxygen atoms in total. The fourth-order valence-electron chi connectivity index (χ4n) is 2.69. The SMILES string of the molecule is N#CCc1ccccc1C#Cc1ccc2c(c1)OCC2CS(=O)O. The number of nitriles is 1. The normalized spacial score (nSPS) is 16.2.